The van der Waals surface area contributed by atoms with E-state index in [9.17, 15) is 0 Å². The maximum Gasteiger partial charge on any atom is 0.0754 e. The molecule has 1 atom stereocenters. The summed E-state index contributed by atoms with van der Waals surface area (Å²) in [4.78, 5) is 2.54. The molecule has 2 nitrogen and oxygen atoms in total. The van der Waals surface area contributed by atoms with Crippen molar-refractivity contribution in [2.24, 2.45) is 0 Å². The fraction of sp³-hybridized carbons (Fsp3) is 0.0256. The lowest BCUT2D eigenvalue weighted by Gasteiger charge is -2.39. The number of nitrogens with zero attached hydrogens (tertiary/aromatic N) is 2. The average Bonchev–Trinajstić information content (AvgIpc) is 4.24. The predicted molar refractivity (Wildman–Crippen MR) is 332 cm³/mol. The molecule has 0 bridgehead atoms. The summed E-state index contributed by atoms with van der Waals surface area (Å²) in [7, 11) is 0. The van der Waals surface area contributed by atoms with Gasteiger partial charge in [-0.2, -0.15) is 0 Å². The van der Waals surface area contributed by atoms with Crippen LogP contribution in [-0.2, 0) is 10.8 Å². The van der Waals surface area contributed by atoms with E-state index in [4.69, 9.17) is 0 Å². The van der Waals surface area contributed by atoms with Crippen LogP contribution in [0.1, 0.15) is 44.5 Å². The molecule has 17 rings (SSSR count). The first-order valence-electron chi connectivity index (χ1n) is 27.9. The SMILES string of the molecule is c1ccc(-c2ccc(N(c3cccc4c3-c3ccccc3C4(c3ccccc3)c3ccccc3)c3ccc(-c4ccc5c(c4)C4(c6ccccc6-5)c5ccccc5-n5c6ccccc6c6cccc4c65)c4ccccc34)cc2)cc1. The molecule has 0 radical (unpaired) electrons. The second kappa shape index (κ2) is 17.1. The van der Waals surface area contributed by atoms with E-state index < -0.39 is 10.8 Å². The summed E-state index contributed by atoms with van der Waals surface area (Å²) in [6.45, 7) is 0. The van der Waals surface area contributed by atoms with Crippen molar-refractivity contribution in [3.05, 3.63) is 348 Å². The van der Waals surface area contributed by atoms with Gasteiger partial charge in [0.15, 0.2) is 0 Å². The number of rotatable bonds is 7. The van der Waals surface area contributed by atoms with Crippen molar-refractivity contribution in [1.29, 1.82) is 0 Å². The van der Waals surface area contributed by atoms with Gasteiger partial charge in [-0.3, -0.25) is 0 Å². The zero-order valence-electron chi connectivity index (χ0n) is 43.8. The smallest absolute Gasteiger partial charge is 0.0754 e. The van der Waals surface area contributed by atoms with Gasteiger partial charge in [-0.05, 0) is 131 Å². The Morgan fingerprint density at radius 1 is 0.275 bits per heavy atom. The Bertz CT molecular complexity index is 4780. The molecule has 3 aliphatic rings. The van der Waals surface area contributed by atoms with Gasteiger partial charge >= 0.3 is 0 Å². The zero-order chi connectivity index (χ0) is 52.5. The topological polar surface area (TPSA) is 8.17 Å². The number of aromatic nitrogens is 1. The molecule has 1 unspecified atom stereocenters. The van der Waals surface area contributed by atoms with Crippen molar-refractivity contribution in [3.8, 4) is 50.2 Å². The molecule has 2 heterocycles. The van der Waals surface area contributed by atoms with Gasteiger partial charge in [-0.15, -0.1) is 0 Å². The normalized spacial score (nSPS) is 14.9. The number of para-hydroxylation sites is 3. The first-order chi connectivity index (χ1) is 39.7. The summed E-state index contributed by atoms with van der Waals surface area (Å²) < 4.78 is 2.53. The number of anilines is 3. The first-order valence-corrected chi connectivity index (χ1v) is 27.9. The Hall–Kier alpha value is -10.3. The van der Waals surface area contributed by atoms with Crippen LogP contribution >= 0.6 is 0 Å². The van der Waals surface area contributed by atoms with Crippen molar-refractivity contribution >= 4 is 49.6 Å². The minimum Gasteiger partial charge on any atom is -0.309 e. The van der Waals surface area contributed by atoms with Gasteiger partial charge in [0.25, 0.3) is 0 Å². The Kier molecular flexibility index (Phi) is 9.58. The van der Waals surface area contributed by atoms with Crippen LogP contribution in [0.25, 0.3) is 82.8 Å². The molecule has 13 aromatic carbocycles. The van der Waals surface area contributed by atoms with Crippen LogP contribution in [0, 0.1) is 0 Å². The Morgan fingerprint density at radius 3 is 1.56 bits per heavy atom. The van der Waals surface area contributed by atoms with Crippen LogP contribution in [-0.4, -0.2) is 4.57 Å². The van der Waals surface area contributed by atoms with E-state index in [0.717, 1.165) is 17.1 Å². The van der Waals surface area contributed by atoms with Gasteiger partial charge in [0.2, 0.25) is 0 Å². The molecule has 2 aliphatic carbocycles. The van der Waals surface area contributed by atoms with Crippen LogP contribution in [0.3, 0.4) is 0 Å². The minimum atomic E-state index is -0.556. The van der Waals surface area contributed by atoms with E-state index in [0.29, 0.717) is 0 Å². The lowest BCUT2D eigenvalue weighted by Crippen LogP contribution is -2.33. The average molecular weight is 1020 g/mol. The van der Waals surface area contributed by atoms with Gasteiger partial charge in [0.05, 0.1) is 38.9 Å². The van der Waals surface area contributed by atoms with Crippen LogP contribution in [0.15, 0.2) is 303 Å². The molecule has 0 N–H and O–H groups in total. The van der Waals surface area contributed by atoms with E-state index in [1.54, 1.807) is 0 Å². The van der Waals surface area contributed by atoms with Crippen LogP contribution in [0.4, 0.5) is 17.1 Å². The zero-order valence-corrected chi connectivity index (χ0v) is 43.8. The number of fused-ring (bicyclic) bond motifs is 16. The van der Waals surface area contributed by atoms with E-state index in [1.807, 2.05) is 0 Å². The van der Waals surface area contributed by atoms with Gasteiger partial charge < -0.3 is 9.47 Å². The first kappa shape index (κ1) is 44.8. The molecule has 1 aromatic heterocycles. The van der Waals surface area contributed by atoms with Gasteiger partial charge in [-0.25, -0.2) is 0 Å². The molecular formula is C78H50N2. The highest BCUT2D eigenvalue weighted by atomic mass is 15.1. The van der Waals surface area contributed by atoms with Crippen molar-refractivity contribution in [3.63, 3.8) is 0 Å². The molecule has 80 heavy (non-hydrogen) atoms. The maximum atomic E-state index is 2.54. The summed E-state index contributed by atoms with van der Waals surface area (Å²) in [6, 6.07) is 114. The lowest BCUT2D eigenvalue weighted by atomic mass is 9.65. The third-order valence-electron chi connectivity index (χ3n) is 18.1. The van der Waals surface area contributed by atoms with Crippen molar-refractivity contribution < 1.29 is 0 Å². The van der Waals surface area contributed by atoms with Crippen molar-refractivity contribution in [2.45, 2.75) is 10.8 Å². The van der Waals surface area contributed by atoms with E-state index >= 15 is 0 Å². The van der Waals surface area contributed by atoms with Gasteiger partial charge in [-0.1, -0.05) is 261 Å². The molecule has 372 valence electrons. The molecular weight excluding hydrogens is 965 g/mol. The third-order valence-corrected chi connectivity index (χ3v) is 18.1. The minimum absolute atomic E-state index is 0.551. The molecule has 0 saturated carbocycles. The van der Waals surface area contributed by atoms with Gasteiger partial charge in [0.1, 0.15) is 0 Å². The summed E-state index contributed by atoms with van der Waals surface area (Å²) in [6.07, 6.45) is 0. The summed E-state index contributed by atoms with van der Waals surface area (Å²) in [5.74, 6) is 0. The Labute approximate surface area is 465 Å². The second-order valence-electron chi connectivity index (χ2n) is 21.8. The largest absolute Gasteiger partial charge is 0.309 e. The van der Waals surface area contributed by atoms with E-state index in [-0.39, 0.29) is 0 Å². The van der Waals surface area contributed by atoms with Crippen molar-refractivity contribution in [2.75, 3.05) is 4.90 Å². The summed E-state index contributed by atoms with van der Waals surface area (Å²) in [5, 5.41) is 4.94. The highest BCUT2D eigenvalue weighted by molar-refractivity contribution is 6.13. The van der Waals surface area contributed by atoms with Crippen LogP contribution in [0.5, 0.6) is 0 Å². The summed E-state index contributed by atoms with van der Waals surface area (Å²) in [5.41, 5.74) is 26.1. The molecule has 14 aromatic rings. The second-order valence-corrected chi connectivity index (χ2v) is 21.8. The molecule has 1 aliphatic heterocycles. The Balaban J connectivity index is 0.904. The number of benzene rings is 13. The fourth-order valence-corrected chi connectivity index (χ4v) is 15.0. The highest BCUT2D eigenvalue weighted by Gasteiger charge is 2.51. The fourth-order valence-electron chi connectivity index (χ4n) is 15.0. The predicted octanol–water partition coefficient (Wildman–Crippen LogP) is 19.8. The highest BCUT2D eigenvalue weighted by Crippen LogP contribution is 2.63. The lowest BCUT2D eigenvalue weighted by molar-refractivity contribution is 0.749. The van der Waals surface area contributed by atoms with Gasteiger partial charge in [0, 0.05) is 27.4 Å². The molecule has 0 fully saturated rings. The maximum absolute atomic E-state index is 2.54. The molecule has 1 spiro atoms. The van der Waals surface area contributed by atoms with E-state index in [2.05, 4.69) is 313 Å². The standard InChI is InChI=1S/C78H50N2/c1-4-22-51(23-5-1)52-42-45-56(46-43-52)79(74-41-21-37-68-75(74)64-32-13-16-35-66(64)77(68,54-24-6-2-7-25-54)55-26-8-3-9-27-55)72-49-48-57(58-28-10-11-30-61(58)72)53-44-47-60-59-29-12-15-34-65(59)78(70(60)50-53)67-36-17-19-40-73(67)80-71-39-18-14-31-62(71)63-33-20-38-69(78)76(63)80/h1-50H. The quantitative estimate of drug-likeness (QED) is 0.154. The monoisotopic (exact) mass is 1010 g/mol. The Morgan fingerprint density at radius 2 is 0.800 bits per heavy atom. The number of hydrogen-bond donors (Lipinski definition) is 0. The molecule has 2 heteroatoms. The molecule has 0 amide bonds. The van der Waals surface area contributed by atoms with Crippen molar-refractivity contribution in [1.82, 2.24) is 4.57 Å². The third kappa shape index (κ3) is 5.97. The van der Waals surface area contributed by atoms with Crippen LogP contribution in [0.2, 0.25) is 0 Å². The molecule has 0 saturated heterocycles. The summed E-state index contributed by atoms with van der Waals surface area (Å²) >= 11 is 0. The number of hydrogen-bond acceptors (Lipinski definition) is 1. The van der Waals surface area contributed by atoms with E-state index in [1.165, 1.54) is 127 Å². The van der Waals surface area contributed by atoms with Crippen LogP contribution < -0.4 is 4.90 Å².